The second-order valence-corrected chi connectivity index (χ2v) is 11.0. The SMILES string of the molecule is CCCC(C)C(C)C=CC(CCC(CC=CCC(C)C)CC(C)CC)CC(C)CC. The molecule has 6 unspecified atom stereocenters. The van der Waals surface area contributed by atoms with Crippen LogP contribution in [-0.4, -0.2) is 0 Å². The van der Waals surface area contributed by atoms with Crippen LogP contribution < -0.4 is 0 Å². The Kier molecular flexibility index (Phi) is 17.8. The van der Waals surface area contributed by atoms with Crippen molar-refractivity contribution < 1.29 is 0 Å². The molecular formula is C30H58. The van der Waals surface area contributed by atoms with E-state index in [1.54, 1.807) is 0 Å². The fourth-order valence-electron chi connectivity index (χ4n) is 4.39. The second kappa shape index (κ2) is 18.1. The average molecular weight is 419 g/mol. The number of hydrogen-bond donors (Lipinski definition) is 0. The summed E-state index contributed by atoms with van der Waals surface area (Å²) >= 11 is 0. The fraction of sp³-hybridized carbons (Fsp3) is 0.867. The van der Waals surface area contributed by atoms with Gasteiger partial charge in [0.1, 0.15) is 0 Å². The molecule has 0 amide bonds. The van der Waals surface area contributed by atoms with E-state index in [4.69, 9.17) is 0 Å². The molecule has 0 spiro atoms. The molecule has 0 aliphatic heterocycles. The van der Waals surface area contributed by atoms with Crippen LogP contribution in [-0.2, 0) is 0 Å². The molecule has 0 nitrogen and oxygen atoms in total. The van der Waals surface area contributed by atoms with Gasteiger partial charge in [0.25, 0.3) is 0 Å². The summed E-state index contributed by atoms with van der Waals surface area (Å²) in [5.74, 6) is 5.59. The highest BCUT2D eigenvalue weighted by Gasteiger charge is 2.16. The van der Waals surface area contributed by atoms with E-state index in [9.17, 15) is 0 Å². The molecule has 0 aromatic heterocycles. The fourth-order valence-corrected chi connectivity index (χ4v) is 4.39. The molecule has 0 radical (unpaired) electrons. The molecule has 0 heterocycles. The van der Waals surface area contributed by atoms with E-state index in [2.05, 4.69) is 86.6 Å². The zero-order chi connectivity index (χ0) is 22.9. The van der Waals surface area contributed by atoms with Crippen LogP contribution in [0.2, 0.25) is 0 Å². The Labute approximate surface area is 192 Å². The molecule has 0 rings (SSSR count). The van der Waals surface area contributed by atoms with E-state index in [1.807, 2.05) is 0 Å². The van der Waals surface area contributed by atoms with Crippen LogP contribution in [0.15, 0.2) is 24.3 Å². The molecular weight excluding hydrogens is 360 g/mol. The molecule has 0 N–H and O–H groups in total. The Morgan fingerprint density at radius 3 is 1.80 bits per heavy atom. The minimum atomic E-state index is 0.708. The van der Waals surface area contributed by atoms with Crippen molar-refractivity contribution in [1.29, 1.82) is 0 Å². The van der Waals surface area contributed by atoms with E-state index in [0.29, 0.717) is 5.92 Å². The van der Waals surface area contributed by atoms with Crippen LogP contribution in [0.5, 0.6) is 0 Å². The standard InChI is InChI=1S/C30H58/c1-10-15-27(8)28(9)18-19-30(23-26(7)12-3)21-20-29(22-25(6)11-2)17-14-13-16-24(4)5/h13-14,18-19,24-30H,10-12,15-17,20-23H2,1-9H3. The van der Waals surface area contributed by atoms with Gasteiger partial charge in [-0.3, -0.25) is 0 Å². The molecule has 0 bridgehead atoms. The maximum absolute atomic E-state index is 2.61. The van der Waals surface area contributed by atoms with Gasteiger partial charge in [-0.1, -0.05) is 112 Å². The van der Waals surface area contributed by atoms with E-state index >= 15 is 0 Å². The quantitative estimate of drug-likeness (QED) is 0.194. The maximum atomic E-state index is 2.61. The third-order valence-corrected chi connectivity index (χ3v) is 7.35. The van der Waals surface area contributed by atoms with Crippen LogP contribution >= 0.6 is 0 Å². The van der Waals surface area contributed by atoms with Gasteiger partial charge in [-0.2, -0.15) is 0 Å². The molecule has 6 atom stereocenters. The third-order valence-electron chi connectivity index (χ3n) is 7.35. The van der Waals surface area contributed by atoms with Crippen molar-refractivity contribution >= 4 is 0 Å². The van der Waals surface area contributed by atoms with Gasteiger partial charge >= 0.3 is 0 Å². The molecule has 0 saturated heterocycles. The molecule has 0 aliphatic rings. The number of allylic oxidation sites excluding steroid dienone is 4. The largest absolute Gasteiger partial charge is 0.0883 e. The van der Waals surface area contributed by atoms with Crippen LogP contribution in [0.4, 0.5) is 0 Å². The molecule has 0 aromatic rings. The van der Waals surface area contributed by atoms with Crippen molar-refractivity contribution in [3.63, 3.8) is 0 Å². The van der Waals surface area contributed by atoms with E-state index in [-0.39, 0.29) is 0 Å². The lowest BCUT2D eigenvalue weighted by atomic mass is 9.82. The van der Waals surface area contributed by atoms with Crippen LogP contribution in [0, 0.1) is 41.4 Å². The zero-order valence-electron chi connectivity index (χ0n) is 22.4. The minimum absolute atomic E-state index is 0.708. The van der Waals surface area contributed by atoms with Crippen LogP contribution in [0.25, 0.3) is 0 Å². The summed E-state index contributed by atoms with van der Waals surface area (Å²) in [5.41, 5.74) is 0. The Morgan fingerprint density at radius 2 is 1.23 bits per heavy atom. The number of rotatable bonds is 18. The van der Waals surface area contributed by atoms with Gasteiger partial charge in [-0.15, -0.1) is 0 Å². The van der Waals surface area contributed by atoms with Gasteiger partial charge in [0.05, 0.1) is 0 Å². The highest BCUT2D eigenvalue weighted by Crippen LogP contribution is 2.29. The first-order valence-electron chi connectivity index (χ1n) is 13.6. The Morgan fingerprint density at radius 1 is 0.633 bits per heavy atom. The summed E-state index contributed by atoms with van der Waals surface area (Å²) in [6.45, 7) is 21.4. The summed E-state index contributed by atoms with van der Waals surface area (Å²) in [6.07, 6.45) is 23.4. The van der Waals surface area contributed by atoms with Gasteiger partial charge in [-0.25, -0.2) is 0 Å². The van der Waals surface area contributed by atoms with Crippen molar-refractivity contribution in [2.45, 2.75) is 127 Å². The van der Waals surface area contributed by atoms with E-state index in [1.165, 1.54) is 64.2 Å². The van der Waals surface area contributed by atoms with Gasteiger partial charge in [0, 0.05) is 0 Å². The predicted molar refractivity (Wildman–Crippen MR) is 140 cm³/mol. The molecule has 0 aromatic carbocycles. The molecule has 0 aliphatic carbocycles. The summed E-state index contributed by atoms with van der Waals surface area (Å²) in [5, 5.41) is 0. The first-order valence-corrected chi connectivity index (χ1v) is 13.6. The zero-order valence-corrected chi connectivity index (χ0v) is 22.4. The molecule has 0 saturated carbocycles. The van der Waals surface area contributed by atoms with Crippen molar-refractivity contribution in [3.05, 3.63) is 24.3 Å². The van der Waals surface area contributed by atoms with Crippen molar-refractivity contribution in [2.75, 3.05) is 0 Å². The van der Waals surface area contributed by atoms with Gasteiger partial charge in [-0.05, 0) is 80.0 Å². The monoisotopic (exact) mass is 418 g/mol. The Bertz CT molecular complexity index is 429. The van der Waals surface area contributed by atoms with E-state index in [0.717, 1.165) is 35.5 Å². The highest BCUT2D eigenvalue weighted by atomic mass is 14.2. The van der Waals surface area contributed by atoms with Crippen LogP contribution in [0.1, 0.15) is 127 Å². The van der Waals surface area contributed by atoms with Crippen molar-refractivity contribution in [1.82, 2.24) is 0 Å². The second-order valence-electron chi connectivity index (χ2n) is 11.0. The van der Waals surface area contributed by atoms with Gasteiger partial charge < -0.3 is 0 Å². The summed E-state index contributed by atoms with van der Waals surface area (Å²) in [7, 11) is 0. The molecule has 0 heteroatoms. The normalized spacial score (nSPS) is 18.7. The third kappa shape index (κ3) is 15.3. The lowest BCUT2D eigenvalue weighted by Gasteiger charge is -2.24. The summed E-state index contributed by atoms with van der Waals surface area (Å²) in [4.78, 5) is 0. The van der Waals surface area contributed by atoms with E-state index < -0.39 is 0 Å². The topological polar surface area (TPSA) is 0 Å². The molecule has 0 fully saturated rings. The summed E-state index contributed by atoms with van der Waals surface area (Å²) < 4.78 is 0. The average Bonchev–Trinajstić information content (AvgIpc) is 2.71. The molecule has 178 valence electrons. The Balaban J connectivity index is 4.99. The summed E-state index contributed by atoms with van der Waals surface area (Å²) in [6, 6.07) is 0. The van der Waals surface area contributed by atoms with Crippen molar-refractivity contribution in [3.8, 4) is 0 Å². The first-order chi connectivity index (χ1) is 14.2. The van der Waals surface area contributed by atoms with Crippen LogP contribution in [0.3, 0.4) is 0 Å². The van der Waals surface area contributed by atoms with Crippen molar-refractivity contribution in [2.24, 2.45) is 41.4 Å². The lowest BCUT2D eigenvalue weighted by molar-refractivity contribution is 0.324. The lowest BCUT2D eigenvalue weighted by Crippen LogP contribution is -2.11. The number of hydrogen-bond acceptors (Lipinski definition) is 0. The Hall–Kier alpha value is -0.520. The minimum Gasteiger partial charge on any atom is -0.0883 e. The molecule has 30 heavy (non-hydrogen) atoms. The highest BCUT2D eigenvalue weighted by molar-refractivity contribution is 4.94. The van der Waals surface area contributed by atoms with Gasteiger partial charge in [0.15, 0.2) is 0 Å². The van der Waals surface area contributed by atoms with Gasteiger partial charge in [0.2, 0.25) is 0 Å². The first kappa shape index (κ1) is 29.5. The predicted octanol–water partition coefficient (Wildman–Crippen LogP) is 10.5. The smallest absolute Gasteiger partial charge is 0.0231 e. The maximum Gasteiger partial charge on any atom is -0.0231 e.